The van der Waals surface area contributed by atoms with Crippen LogP contribution in [0.4, 0.5) is 5.69 Å². The molecule has 0 fully saturated rings. The quantitative estimate of drug-likeness (QED) is 0.570. The van der Waals surface area contributed by atoms with Crippen LogP contribution >= 0.6 is 11.6 Å². The highest BCUT2D eigenvalue weighted by Gasteiger charge is 2.18. The van der Waals surface area contributed by atoms with E-state index >= 15 is 0 Å². The van der Waals surface area contributed by atoms with Crippen LogP contribution in [0.15, 0.2) is 35.5 Å². The van der Waals surface area contributed by atoms with E-state index in [0.717, 1.165) is 30.6 Å². The van der Waals surface area contributed by atoms with Gasteiger partial charge in [0.15, 0.2) is 0 Å². The van der Waals surface area contributed by atoms with E-state index in [9.17, 15) is 18.3 Å². The first kappa shape index (κ1) is 15.0. The Bertz CT molecular complexity index is 792. The monoisotopic (exact) mass is 329 g/mol. The minimum Gasteiger partial charge on any atom is -0.506 e. The van der Waals surface area contributed by atoms with E-state index in [4.69, 9.17) is 16.7 Å². The maximum absolute atomic E-state index is 12.1. The van der Waals surface area contributed by atoms with Crippen molar-refractivity contribution < 1.29 is 23.4 Å². The second-order valence-corrected chi connectivity index (χ2v) is 5.85. The Kier molecular flexibility index (Phi) is 3.96. The predicted octanol–water partition coefficient (Wildman–Crippen LogP) is 1.33. The van der Waals surface area contributed by atoms with Crippen LogP contribution in [0.3, 0.4) is 0 Å². The number of hydrogen-bond acceptors (Lipinski definition) is 6. The molecule has 0 aliphatic rings. The van der Waals surface area contributed by atoms with Gasteiger partial charge in [0.1, 0.15) is 10.6 Å². The number of nitrogens with zero attached hydrogens (tertiary/aromatic N) is 2. The van der Waals surface area contributed by atoms with Gasteiger partial charge >= 0.3 is 5.97 Å². The lowest BCUT2D eigenvalue weighted by atomic mass is 10.2. The number of carbonyl (C=O) groups is 1. The molecule has 1 heterocycles. The molecule has 1 aromatic carbocycles. The molecule has 0 aliphatic carbocycles. The zero-order chi connectivity index (χ0) is 15.6. The van der Waals surface area contributed by atoms with Gasteiger partial charge in [-0.3, -0.25) is 4.72 Å². The first-order valence-corrected chi connectivity index (χ1v) is 7.22. The van der Waals surface area contributed by atoms with Crippen molar-refractivity contribution in [2.45, 2.75) is 4.90 Å². The molecule has 1 aromatic heterocycles. The summed E-state index contributed by atoms with van der Waals surface area (Å²) >= 11 is 5.46. The smallest absolute Gasteiger partial charge is 0.335 e. The van der Waals surface area contributed by atoms with Crippen LogP contribution in [0.25, 0.3) is 0 Å². The van der Waals surface area contributed by atoms with Crippen LogP contribution in [0.5, 0.6) is 5.75 Å². The number of nitrogens with one attached hydrogen (secondary N) is 1. The average molecular weight is 330 g/mol. The number of sulfonamides is 1. The maximum Gasteiger partial charge on any atom is 0.335 e. The lowest BCUT2D eigenvalue weighted by Crippen LogP contribution is -2.14. The van der Waals surface area contributed by atoms with Gasteiger partial charge in [-0.1, -0.05) is 0 Å². The largest absolute Gasteiger partial charge is 0.506 e. The van der Waals surface area contributed by atoms with E-state index in [-0.39, 0.29) is 21.4 Å². The minimum absolute atomic E-state index is 0.121. The van der Waals surface area contributed by atoms with E-state index in [2.05, 4.69) is 14.7 Å². The number of aromatic hydroxyl groups is 1. The molecule has 0 amide bonds. The van der Waals surface area contributed by atoms with E-state index in [0.29, 0.717) is 0 Å². The van der Waals surface area contributed by atoms with Gasteiger partial charge in [0.2, 0.25) is 5.28 Å². The molecule has 0 radical (unpaired) electrons. The summed E-state index contributed by atoms with van der Waals surface area (Å²) in [5, 5.41) is 18.3. The van der Waals surface area contributed by atoms with Crippen LogP contribution in [-0.4, -0.2) is 34.6 Å². The number of hydrogen-bond donors (Lipinski definition) is 3. The molecule has 21 heavy (non-hydrogen) atoms. The Labute approximate surface area is 124 Å². The highest BCUT2D eigenvalue weighted by Crippen LogP contribution is 2.26. The zero-order valence-electron chi connectivity index (χ0n) is 10.2. The predicted molar refractivity (Wildman–Crippen MR) is 72.9 cm³/mol. The second kappa shape index (κ2) is 5.54. The number of phenols is 1. The fourth-order valence-electron chi connectivity index (χ4n) is 1.39. The van der Waals surface area contributed by atoms with Gasteiger partial charge in [0.25, 0.3) is 10.0 Å². The number of carboxylic acid groups (broad SMARTS) is 1. The van der Waals surface area contributed by atoms with Crippen molar-refractivity contribution in [2.75, 3.05) is 4.72 Å². The van der Waals surface area contributed by atoms with Crippen molar-refractivity contribution in [3.63, 3.8) is 0 Å². The number of benzene rings is 1. The Balaban J connectivity index is 2.38. The lowest BCUT2D eigenvalue weighted by Gasteiger charge is -2.09. The highest BCUT2D eigenvalue weighted by atomic mass is 35.5. The first-order valence-electron chi connectivity index (χ1n) is 5.36. The van der Waals surface area contributed by atoms with E-state index < -0.39 is 21.7 Å². The summed E-state index contributed by atoms with van der Waals surface area (Å²) in [5.41, 5.74) is -0.456. The molecule has 2 aromatic rings. The maximum atomic E-state index is 12.1. The number of halogens is 1. The van der Waals surface area contributed by atoms with Gasteiger partial charge in [-0.2, -0.15) is 0 Å². The third-order valence-electron chi connectivity index (χ3n) is 2.39. The molecular formula is C11H8ClN3O5S. The van der Waals surface area contributed by atoms with E-state index in [1.165, 1.54) is 0 Å². The van der Waals surface area contributed by atoms with Crippen molar-refractivity contribution >= 4 is 33.3 Å². The van der Waals surface area contributed by atoms with Gasteiger partial charge in [-0.15, -0.1) is 0 Å². The molecule has 8 nitrogen and oxygen atoms in total. The summed E-state index contributed by atoms with van der Waals surface area (Å²) in [6, 6.07) is 3.20. The molecule has 0 saturated heterocycles. The Morgan fingerprint density at radius 1 is 1.24 bits per heavy atom. The Morgan fingerprint density at radius 2 is 1.86 bits per heavy atom. The summed E-state index contributed by atoms with van der Waals surface area (Å²) < 4.78 is 26.2. The summed E-state index contributed by atoms with van der Waals surface area (Å²) in [4.78, 5) is 17.6. The van der Waals surface area contributed by atoms with Crippen LogP contribution in [0, 0.1) is 0 Å². The minimum atomic E-state index is -4.08. The van der Waals surface area contributed by atoms with Crippen LogP contribution in [-0.2, 0) is 10.0 Å². The number of anilines is 1. The number of carboxylic acids is 1. The van der Waals surface area contributed by atoms with Crippen molar-refractivity contribution in [3.8, 4) is 5.75 Å². The summed E-state index contributed by atoms with van der Waals surface area (Å²) in [7, 11) is -4.08. The standard InChI is InChI=1S/C11H8ClN3O5S/c12-11-13-4-7(5-14-11)21(19,20)15-8-3-6(10(17)18)1-2-9(8)16/h1-5,15-16H,(H,17,18). The molecule has 0 atom stereocenters. The molecule has 3 N–H and O–H groups in total. The molecule has 2 rings (SSSR count). The molecule has 10 heteroatoms. The van der Waals surface area contributed by atoms with Crippen molar-refractivity contribution in [2.24, 2.45) is 0 Å². The normalized spacial score (nSPS) is 11.1. The zero-order valence-corrected chi connectivity index (χ0v) is 11.8. The fourth-order valence-corrected chi connectivity index (χ4v) is 2.45. The fraction of sp³-hybridized carbons (Fsp3) is 0. The lowest BCUT2D eigenvalue weighted by molar-refractivity contribution is 0.0697. The van der Waals surface area contributed by atoms with Crippen molar-refractivity contribution in [1.82, 2.24) is 9.97 Å². The molecule has 0 aliphatic heterocycles. The van der Waals surface area contributed by atoms with Gasteiger partial charge in [0, 0.05) is 0 Å². The molecule has 0 spiro atoms. The summed E-state index contributed by atoms with van der Waals surface area (Å²) in [6.45, 7) is 0. The number of phenolic OH excluding ortho intramolecular Hbond substituents is 1. The van der Waals surface area contributed by atoms with Crippen LogP contribution in [0.1, 0.15) is 10.4 Å². The molecule has 0 saturated carbocycles. The van der Waals surface area contributed by atoms with E-state index in [1.54, 1.807) is 0 Å². The number of rotatable bonds is 4. The third kappa shape index (κ3) is 3.38. The second-order valence-electron chi connectivity index (χ2n) is 3.83. The average Bonchev–Trinajstić information content (AvgIpc) is 2.41. The molecular weight excluding hydrogens is 322 g/mol. The first-order chi connectivity index (χ1) is 9.79. The van der Waals surface area contributed by atoms with Gasteiger partial charge < -0.3 is 10.2 Å². The van der Waals surface area contributed by atoms with Crippen molar-refractivity contribution in [1.29, 1.82) is 0 Å². The Hall–Kier alpha value is -2.39. The van der Waals surface area contributed by atoms with E-state index in [1.807, 2.05) is 0 Å². The highest BCUT2D eigenvalue weighted by molar-refractivity contribution is 7.92. The van der Waals surface area contributed by atoms with Crippen LogP contribution < -0.4 is 4.72 Å². The SMILES string of the molecule is O=C(O)c1ccc(O)c(NS(=O)(=O)c2cnc(Cl)nc2)c1. The molecule has 0 bridgehead atoms. The van der Waals surface area contributed by atoms with Crippen LogP contribution in [0.2, 0.25) is 5.28 Å². The van der Waals surface area contributed by atoms with Gasteiger partial charge in [0.05, 0.1) is 23.6 Å². The Morgan fingerprint density at radius 3 is 2.43 bits per heavy atom. The summed E-state index contributed by atoms with van der Waals surface area (Å²) in [6.07, 6.45) is 1.96. The number of aromatic carboxylic acids is 1. The van der Waals surface area contributed by atoms with Gasteiger partial charge in [-0.25, -0.2) is 23.2 Å². The van der Waals surface area contributed by atoms with Crippen molar-refractivity contribution in [3.05, 3.63) is 41.4 Å². The topological polar surface area (TPSA) is 129 Å². The third-order valence-corrected chi connectivity index (χ3v) is 3.91. The summed E-state index contributed by atoms with van der Waals surface area (Å²) in [5.74, 6) is -1.68. The van der Waals surface area contributed by atoms with Gasteiger partial charge in [-0.05, 0) is 29.8 Å². The molecule has 110 valence electrons. The number of aromatic nitrogens is 2. The molecule has 0 unspecified atom stereocenters.